The molecule has 0 unspecified atom stereocenters. The number of hydrogen-bond donors (Lipinski definition) is 3. The maximum Gasteiger partial charge on any atom is 0.229 e. The first-order chi connectivity index (χ1) is 12.9. The number of sulfonamides is 1. The van der Waals surface area contributed by atoms with E-state index in [1.165, 1.54) is 0 Å². The van der Waals surface area contributed by atoms with Crippen LogP contribution in [0.3, 0.4) is 0 Å². The zero-order valence-electron chi connectivity index (χ0n) is 15.3. The Labute approximate surface area is 181 Å². The lowest BCUT2D eigenvalue weighted by Crippen LogP contribution is -2.22. The average Bonchev–Trinajstić information content (AvgIpc) is 2.84. The van der Waals surface area contributed by atoms with Crippen molar-refractivity contribution in [3.63, 3.8) is 0 Å². The summed E-state index contributed by atoms with van der Waals surface area (Å²) < 4.78 is 36.3. The zero-order chi connectivity index (χ0) is 19.3. The molecule has 8 nitrogen and oxygen atoms in total. The molecule has 1 heterocycles. The van der Waals surface area contributed by atoms with Crippen LogP contribution in [0.1, 0.15) is 12.0 Å². The predicted molar refractivity (Wildman–Crippen MR) is 121 cm³/mol. The number of rotatable bonds is 5. The molecule has 0 saturated carbocycles. The molecule has 0 fully saturated rings. The molecule has 2 aromatic rings. The van der Waals surface area contributed by atoms with Crippen molar-refractivity contribution in [2.75, 3.05) is 29.5 Å². The SMILES string of the molecule is CS(=O)(=O)Nc1cccc(CN=C(N)Nc2ccc3c(c2)OCCCO3)c1.I. The summed E-state index contributed by atoms with van der Waals surface area (Å²) in [6.45, 7) is 1.55. The number of nitrogens with one attached hydrogen (secondary N) is 2. The second-order valence-corrected chi connectivity index (χ2v) is 7.86. The molecule has 0 spiro atoms. The minimum absolute atomic E-state index is 0. The van der Waals surface area contributed by atoms with Crippen LogP contribution in [0.5, 0.6) is 11.5 Å². The van der Waals surface area contributed by atoms with Crippen LogP contribution >= 0.6 is 24.0 Å². The summed E-state index contributed by atoms with van der Waals surface area (Å²) in [4.78, 5) is 4.29. The van der Waals surface area contributed by atoms with Crippen molar-refractivity contribution in [1.29, 1.82) is 0 Å². The minimum Gasteiger partial charge on any atom is -0.490 e. The monoisotopic (exact) mass is 518 g/mol. The summed E-state index contributed by atoms with van der Waals surface area (Å²) >= 11 is 0. The topological polar surface area (TPSA) is 115 Å². The van der Waals surface area contributed by atoms with Crippen molar-refractivity contribution in [3.8, 4) is 11.5 Å². The predicted octanol–water partition coefficient (Wildman–Crippen LogP) is 2.76. The average molecular weight is 518 g/mol. The molecule has 28 heavy (non-hydrogen) atoms. The van der Waals surface area contributed by atoms with Crippen molar-refractivity contribution >= 4 is 51.3 Å². The van der Waals surface area contributed by atoms with Crippen molar-refractivity contribution in [3.05, 3.63) is 48.0 Å². The van der Waals surface area contributed by atoms with Gasteiger partial charge in [0.25, 0.3) is 0 Å². The number of hydrogen-bond acceptors (Lipinski definition) is 5. The number of guanidine groups is 1. The van der Waals surface area contributed by atoms with Crippen LogP contribution in [0.25, 0.3) is 0 Å². The van der Waals surface area contributed by atoms with Gasteiger partial charge >= 0.3 is 0 Å². The lowest BCUT2D eigenvalue weighted by Gasteiger charge is -2.11. The number of halogens is 1. The normalized spacial score (nSPS) is 13.8. The van der Waals surface area contributed by atoms with E-state index in [9.17, 15) is 8.42 Å². The molecular formula is C18H23IN4O4S. The van der Waals surface area contributed by atoms with Crippen LogP contribution in [0.2, 0.25) is 0 Å². The molecule has 3 rings (SSSR count). The number of fused-ring (bicyclic) bond motifs is 1. The highest BCUT2D eigenvalue weighted by atomic mass is 127. The molecule has 2 aromatic carbocycles. The Morgan fingerprint density at radius 3 is 2.61 bits per heavy atom. The third kappa shape index (κ3) is 6.75. The van der Waals surface area contributed by atoms with Gasteiger partial charge in [-0.3, -0.25) is 4.72 Å². The van der Waals surface area contributed by atoms with E-state index in [2.05, 4.69) is 15.0 Å². The third-order valence-corrected chi connectivity index (χ3v) is 4.29. The molecule has 0 radical (unpaired) electrons. The number of aliphatic imine (C=N–C) groups is 1. The van der Waals surface area contributed by atoms with E-state index in [1.54, 1.807) is 18.2 Å². The summed E-state index contributed by atoms with van der Waals surface area (Å²) in [6.07, 6.45) is 1.95. The van der Waals surface area contributed by atoms with E-state index in [1.807, 2.05) is 24.3 Å². The molecule has 0 bridgehead atoms. The summed E-state index contributed by atoms with van der Waals surface area (Å²) in [5, 5.41) is 3.02. The third-order valence-electron chi connectivity index (χ3n) is 3.68. The van der Waals surface area contributed by atoms with Gasteiger partial charge in [0.1, 0.15) is 0 Å². The van der Waals surface area contributed by atoms with Gasteiger partial charge in [-0.05, 0) is 29.8 Å². The first-order valence-electron chi connectivity index (χ1n) is 8.42. The molecule has 0 aliphatic carbocycles. The second kappa shape index (κ2) is 9.82. The molecule has 0 aromatic heterocycles. The van der Waals surface area contributed by atoms with E-state index < -0.39 is 10.0 Å². The number of ether oxygens (including phenoxy) is 2. The molecule has 0 saturated heterocycles. The van der Waals surface area contributed by atoms with Gasteiger partial charge in [0, 0.05) is 23.9 Å². The van der Waals surface area contributed by atoms with E-state index in [-0.39, 0.29) is 29.9 Å². The van der Waals surface area contributed by atoms with Crippen LogP contribution < -0.4 is 25.2 Å². The molecule has 0 amide bonds. The standard InChI is InChI=1S/C18H22N4O4S.HI/c1-27(23,24)22-15-5-2-4-13(10-15)12-20-18(19)21-14-6-7-16-17(11-14)26-9-3-8-25-16;/h2,4-7,10-11,22H,3,8-9,12H2,1H3,(H3,19,20,21);1H. The molecule has 0 atom stereocenters. The van der Waals surface area contributed by atoms with Gasteiger partial charge < -0.3 is 20.5 Å². The van der Waals surface area contributed by atoms with Crippen LogP contribution in [0, 0.1) is 0 Å². The molecule has 1 aliphatic heterocycles. The van der Waals surface area contributed by atoms with E-state index in [4.69, 9.17) is 15.2 Å². The van der Waals surface area contributed by atoms with Gasteiger partial charge in [0.2, 0.25) is 10.0 Å². The highest BCUT2D eigenvalue weighted by Gasteiger charge is 2.11. The highest BCUT2D eigenvalue weighted by molar-refractivity contribution is 14.0. The summed E-state index contributed by atoms with van der Waals surface area (Å²) in [6, 6.07) is 12.5. The zero-order valence-corrected chi connectivity index (χ0v) is 18.5. The summed E-state index contributed by atoms with van der Waals surface area (Å²) in [5.41, 5.74) is 8.01. The molecule has 152 valence electrons. The van der Waals surface area contributed by atoms with Crippen molar-refractivity contribution in [2.24, 2.45) is 10.7 Å². The quantitative estimate of drug-likeness (QED) is 0.319. The van der Waals surface area contributed by atoms with Crippen LogP contribution in [-0.2, 0) is 16.6 Å². The van der Waals surface area contributed by atoms with Gasteiger partial charge in [-0.2, -0.15) is 0 Å². The summed E-state index contributed by atoms with van der Waals surface area (Å²) in [7, 11) is -3.32. The van der Waals surface area contributed by atoms with Gasteiger partial charge in [-0.1, -0.05) is 12.1 Å². The Morgan fingerprint density at radius 2 is 1.86 bits per heavy atom. The van der Waals surface area contributed by atoms with Crippen LogP contribution in [0.4, 0.5) is 11.4 Å². The highest BCUT2D eigenvalue weighted by Crippen LogP contribution is 2.32. The Balaban J connectivity index is 0.00000280. The number of nitrogens with zero attached hydrogens (tertiary/aromatic N) is 1. The lowest BCUT2D eigenvalue weighted by atomic mass is 10.2. The number of anilines is 2. The largest absolute Gasteiger partial charge is 0.490 e. The number of nitrogens with two attached hydrogens (primary N) is 1. The lowest BCUT2D eigenvalue weighted by molar-refractivity contribution is 0.297. The first-order valence-corrected chi connectivity index (χ1v) is 10.3. The molecule has 1 aliphatic rings. The summed E-state index contributed by atoms with van der Waals surface area (Å²) in [5.74, 6) is 1.62. The molecule has 10 heteroatoms. The van der Waals surface area contributed by atoms with E-state index >= 15 is 0 Å². The van der Waals surface area contributed by atoms with Crippen molar-refractivity contribution < 1.29 is 17.9 Å². The Morgan fingerprint density at radius 1 is 1.11 bits per heavy atom. The van der Waals surface area contributed by atoms with Crippen molar-refractivity contribution in [2.45, 2.75) is 13.0 Å². The number of benzene rings is 2. The molecular weight excluding hydrogens is 495 g/mol. The molecule has 4 N–H and O–H groups in total. The fourth-order valence-corrected chi connectivity index (χ4v) is 3.11. The minimum atomic E-state index is -3.32. The van der Waals surface area contributed by atoms with Gasteiger partial charge in [-0.15, -0.1) is 24.0 Å². The fourth-order valence-electron chi connectivity index (χ4n) is 2.55. The smallest absolute Gasteiger partial charge is 0.229 e. The Kier molecular flexibility index (Phi) is 7.75. The van der Waals surface area contributed by atoms with Gasteiger partial charge in [-0.25, -0.2) is 13.4 Å². The van der Waals surface area contributed by atoms with Crippen LogP contribution in [-0.4, -0.2) is 33.8 Å². The van der Waals surface area contributed by atoms with E-state index in [0.717, 1.165) is 23.9 Å². The van der Waals surface area contributed by atoms with E-state index in [0.29, 0.717) is 36.9 Å². The van der Waals surface area contributed by atoms with Gasteiger partial charge in [0.15, 0.2) is 17.5 Å². The van der Waals surface area contributed by atoms with Crippen molar-refractivity contribution in [1.82, 2.24) is 0 Å². The van der Waals surface area contributed by atoms with Gasteiger partial charge in [0.05, 0.1) is 26.0 Å². The maximum absolute atomic E-state index is 11.3. The maximum atomic E-state index is 11.3. The Bertz CT molecular complexity index is 950. The van der Waals surface area contributed by atoms with Crippen LogP contribution in [0.15, 0.2) is 47.5 Å². The second-order valence-electron chi connectivity index (χ2n) is 6.11. The Hall–Kier alpha value is -2.21. The fraction of sp³-hybridized carbons (Fsp3) is 0.278. The first kappa shape index (κ1) is 22.1.